The van der Waals surface area contributed by atoms with Crippen LogP contribution in [0.15, 0.2) is 12.4 Å². The number of carbonyl (C=O) groups excluding carboxylic acids is 2. The third kappa shape index (κ3) is 4.78. The van der Waals surface area contributed by atoms with Crippen molar-refractivity contribution in [2.24, 2.45) is 0 Å². The van der Waals surface area contributed by atoms with Crippen molar-refractivity contribution in [3.63, 3.8) is 0 Å². The van der Waals surface area contributed by atoms with Crippen molar-refractivity contribution in [2.45, 2.75) is 19.9 Å². The summed E-state index contributed by atoms with van der Waals surface area (Å²) in [6.45, 7) is 2.06. The van der Waals surface area contributed by atoms with E-state index in [0.29, 0.717) is 5.69 Å². The Morgan fingerprint density at radius 1 is 1.41 bits per heavy atom. The first kappa shape index (κ1) is 13.4. The van der Waals surface area contributed by atoms with Gasteiger partial charge in [-0.05, 0) is 6.92 Å². The van der Waals surface area contributed by atoms with Crippen LogP contribution in [0, 0.1) is 0 Å². The second-order valence-electron chi connectivity index (χ2n) is 3.05. The Morgan fingerprint density at radius 2 is 2.12 bits per heavy atom. The fourth-order valence-corrected chi connectivity index (χ4v) is 1.23. The SMILES string of the molecule is CCOC(=O)CC(=O)NCc1nccnc1Cl. The lowest BCUT2D eigenvalue weighted by molar-refractivity contribution is -0.146. The van der Waals surface area contributed by atoms with Gasteiger partial charge in [0.15, 0.2) is 5.15 Å². The van der Waals surface area contributed by atoms with E-state index >= 15 is 0 Å². The molecular weight excluding hydrogens is 246 g/mol. The molecule has 0 saturated carbocycles. The number of nitrogens with zero attached hydrogens (tertiary/aromatic N) is 2. The quantitative estimate of drug-likeness (QED) is 0.620. The van der Waals surface area contributed by atoms with Crippen LogP contribution >= 0.6 is 11.6 Å². The molecule has 0 saturated heterocycles. The van der Waals surface area contributed by atoms with Gasteiger partial charge in [0.05, 0.1) is 18.8 Å². The normalized spacial score (nSPS) is 9.76. The first-order chi connectivity index (χ1) is 8.13. The van der Waals surface area contributed by atoms with Crippen molar-refractivity contribution in [3.05, 3.63) is 23.2 Å². The second-order valence-corrected chi connectivity index (χ2v) is 3.41. The number of ether oxygens (including phenoxy) is 1. The molecule has 0 atom stereocenters. The van der Waals surface area contributed by atoms with E-state index in [1.54, 1.807) is 6.92 Å². The first-order valence-corrected chi connectivity index (χ1v) is 5.39. The maximum absolute atomic E-state index is 11.3. The molecule has 0 aromatic carbocycles. The van der Waals surface area contributed by atoms with Crippen molar-refractivity contribution in [1.29, 1.82) is 0 Å². The van der Waals surface area contributed by atoms with Gasteiger partial charge in [-0.1, -0.05) is 11.6 Å². The zero-order chi connectivity index (χ0) is 12.7. The summed E-state index contributed by atoms with van der Waals surface area (Å²) in [7, 11) is 0. The monoisotopic (exact) mass is 257 g/mol. The summed E-state index contributed by atoms with van der Waals surface area (Å²) >= 11 is 5.75. The number of rotatable bonds is 5. The Labute approximate surface area is 103 Å². The second kappa shape index (κ2) is 6.80. The lowest BCUT2D eigenvalue weighted by Crippen LogP contribution is -2.26. The maximum Gasteiger partial charge on any atom is 0.315 e. The Kier molecular flexibility index (Phi) is 5.35. The molecule has 1 amide bonds. The van der Waals surface area contributed by atoms with E-state index in [4.69, 9.17) is 11.6 Å². The van der Waals surface area contributed by atoms with Crippen LogP contribution in [0.5, 0.6) is 0 Å². The Balaban J connectivity index is 2.38. The fourth-order valence-electron chi connectivity index (χ4n) is 1.06. The Bertz CT molecular complexity index is 412. The smallest absolute Gasteiger partial charge is 0.315 e. The molecule has 7 heteroatoms. The zero-order valence-corrected chi connectivity index (χ0v) is 10.0. The predicted molar refractivity (Wildman–Crippen MR) is 60.1 cm³/mol. The summed E-state index contributed by atoms with van der Waals surface area (Å²) in [6, 6.07) is 0. The molecule has 17 heavy (non-hydrogen) atoms. The molecule has 1 N–H and O–H groups in total. The van der Waals surface area contributed by atoms with Gasteiger partial charge < -0.3 is 10.1 Å². The van der Waals surface area contributed by atoms with Crippen LogP contribution in [-0.2, 0) is 20.9 Å². The summed E-state index contributed by atoms with van der Waals surface area (Å²) in [5, 5.41) is 2.73. The van der Waals surface area contributed by atoms with Crippen molar-refractivity contribution in [3.8, 4) is 0 Å². The number of aromatic nitrogens is 2. The van der Waals surface area contributed by atoms with Crippen LogP contribution in [0.2, 0.25) is 5.15 Å². The van der Waals surface area contributed by atoms with Gasteiger partial charge in [0, 0.05) is 12.4 Å². The van der Waals surface area contributed by atoms with Crippen LogP contribution in [0.4, 0.5) is 0 Å². The Hall–Kier alpha value is -1.69. The van der Waals surface area contributed by atoms with Crippen LogP contribution in [0.25, 0.3) is 0 Å². The fraction of sp³-hybridized carbons (Fsp3) is 0.400. The molecule has 92 valence electrons. The minimum atomic E-state index is -0.560. The van der Waals surface area contributed by atoms with Crippen molar-refractivity contribution < 1.29 is 14.3 Å². The molecule has 0 unspecified atom stereocenters. The number of hydrogen-bond donors (Lipinski definition) is 1. The van der Waals surface area contributed by atoms with Crippen molar-refractivity contribution in [2.75, 3.05) is 6.61 Å². The molecule has 0 bridgehead atoms. The third-order valence-corrected chi connectivity index (χ3v) is 2.10. The zero-order valence-electron chi connectivity index (χ0n) is 9.27. The van der Waals surface area contributed by atoms with Gasteiger partial charge in [-0.3, -0.25) is 14.6 Å². The van der Waals surface area contributed by atoms with Gasteiger partial charge >= 0.3 is 5.97 Å². The first-order valence-electron chi connectivity index (χ1n) is 5.01. The molecule has 1 heterocycles. The molecule has 1 aromatic heterocycles. The van der Waals surface area contributed by atoms with E-state index < -0.39 is 11.9 Å². The molecule has 0 aliphatic carbocycles. The minimum Gasteiger partial charge on any atom is -0.466 e. The summed E-state index contributed by atoms with van der Waals surface area (Å²) in [4.78, 5) is 30.1. The molecule has 0 aliphatic heterocycles. The number of nitrogens with one attached hydrogen (secondary N) is 1. The standard InChI is InChI=1S/C10H12ClN3O3/c1-2-17-9(16)5-8(15)14-6-7-10(11)13-4-3-12-7/h3-4H,2,5-6H2,1H3,(H,14,15). The number of carbonyl (C=O) groups is 2. The molecular formula is C10H12ClN3O3. The summed E-state index contributed by atoms with van der Waals surface area (Å²) < 4.78 is 4.63. The maximum atomic E-state index is 11.3. The number of esters is 1. The van der Waals surface area contributed by atoms with Crippen molar-refractivity contribution >= 4 is 23.5 Å². The lowest BCUT2D eigenvalue weighted by atomic mass is 10.4. The van der Waals surface area contributed by atoms with E-state index in [0.717, 1.165) is 0 Å². The van der Waals surface area contributed by atoms with Gasteiger partial charge in [0.2, 0.25) is 5.91 Å². The van der Waals surface area contributed by atoms with Crippen LogP contribution in [0.1, 0.15) is 19.0 Å². The topological polar surface area (TPSA) is 81.2 Å². The average molecular weight is 258 g/mol. The predicted octanol–water partition coefficient (Wildman–Crippen LogP) is 0.699. The Morgan fingerprint density at radius 3 is 2.76 bits per heavy atom. The number of amides is 1. The minimum absolute atomic E-state index is 0.130. The van der Waals surface area contributed by atoms with Gasteiger partial charge in [-0.2, -0.15) is 0 Å². The van der Waals surface area contributed by atoms with E-state index in [1.807, 2.05) is 0 Å². The number of hydrogen-bond acceptors (Lipinski definition) is 5. The highest BCUT2D eigenvalue weighted by atomic mass is 35.5. The van der Waals surface area contributed by atoms with Crippen molar-refractivity contribution in [1.82, 2.24) is 15.3 Å². The van der Waals surface area contributed by atoms with Crippen LogP contribution < -0.4 is 5.32 Å². The lowest BCUT2D eigenvalue weighted by Gasteiger charge is -2.05. The summed E-state index contributed by atoms with van der Waals surface area (Å²) in [5.74, 6) is -1.000. The third-order valence-electron chi connectivity index (χ3n) is 1.79. The molecule has 1 rings (SSSR count). The van der Waals surface area contributed by atoms with E-state index in [2.05, 4.69) is 20.0 Å². The highest BCUT2D eigenvalue weighted by Crippen LogP contribution is 2.07. The molecule has 0 spiro atoms. The molecule has 6 nitrogen and oxygen atoms in total. The van der Waals surface area contributed by atoms with E-state index in [1.165, 1.54) is 12.4 Å². The van der Waals surface area contributed by atoms with Gasteiger partial charge in [0.25, 0.3) is 0 Å². The largest absolute Gasteiger partial charge is 0.466 e. The molecule has 0 radical (unpaired) electrons. The van der Waals surface area contributed by atoms with Crippen LogP contribution in [0.3, 0.4) is 0 Å². The summed E-state index contributed by atoms with van der Waals surface area (Å²) in [6.07, 6.45) is 2.61. The van der Waals surface area contributed by atoms with E-state index in [9.17, 15) is 9.59 Å². The number of halogens is 1. The average Bonchev–Trinajstić information content (AvgIpc) is 2.28. The molecule has 0 fully saturated rings. The van der Waals surface area contributed by atoms with Crippen LogP contribution in [-0.4, -0.2) is 28.5 Å². The van der Waals surface area contributed by atoms with E-state index in [-0.39, 0.29) is 24.7 Å². The molecule has 0 aliphatic rings. The highest BCUT2D eigenvalue weighted by molar-refractivity contribution is 6.29. The summed E-state index contributed by atoms with van der Waals surface area (Å²) in [5.41, 5.74) is 0.450. The van der Waals surface area contributed by atoms with Gasteiger partial charge in [0.1, 0.15) is 6.42 Å². The highest BCUT2D eigenvalue weighted by Gasteiger charge is 2.10. The van der Waals surface area contributed by atoms with Gasteiger partial charge in [-0.25, -0.2) is 4.98 Å². The van der Waals surface area contributed by atoms with Gasteiger partial charge in [-0.15, -0.1) is 0 Å². The molecule has 1 aromatic rings.